The van der Waals surface area contributed by atoms with Gasteiger partial charge in [0.05, 0.1) is 27.5 Å². The Hall–Kier alpha value is -3.34. The number of hydrogen-bond acceptors (Lipinski definition) is 7. The number of amides is 1. The van der Waals surface area contributed by atoms with Gasteiger partial charge in [-0.15, -0.1) is 0 Å². The minimum absolute atomic E-state index is 0.112. The molecule has 1 amide bonds. The van der Waals surface area contributed by atoms with Gasteiger partial charge < -0.3 is 20.3 Å². The third-order valence-corrected chi connectivity index (χ3v) is 6.78. The molecule has 4 rings (SSSR count). The Kier molecular flexibility index (Phi) is 6.17. The number of rotatable bonds is 6. The first-order valence-electron chi connectivity index (χ1n) is 9.88. The van der Waals surface area contributed by atoms with Crippen LogP contribution in [0.5, 0.6) is 0 Å². The second-order valence-corrected chi connectivity index (χ2v) is 8.59. The molecule has 0 spiro atoms. The maximum atomic E-state index is 12.6. The Bertz CT molecular complexity index is 1230. The van der Waals surface area contributed by atoms with E-state index >= 15 is 0 Å². The molecule has 0 bridgehead atoms. The van der Waals surface area contributed by atoms with Gasteiger partial charge in [-0.05, 0) is 30.5 Å². The van der Waals surface area contributed by atoms with Gasteiger partial charge in [0.15, 0.2) is 16.1 Å². The first-order chi connectivity index (χ1) is 15.4. The van der Waals surface area contributed by atoms with E-state index in [1.165, 1.54) is 11.3 Å². The number of piperidine rings is 1. The van der Waals surface area contributed by atoms with Gasteiger partial charge in [0.25, 0.3) is 5.91 Å². The Morgan fingerprint density at radius 2 is 2.28 bits per heavy atom. The molecule has 1 fully saturated rings. The molecule has 0 radical (unpaired) electrons. The molecule has 1 aliphatic heterocycles. The number of carboxylic acid groups (broad SMARTS) is 1. The van der Waals surface area contributed by atoms with Crippen LogP contribution < -0.4 is 10.2 Å². The van der Waals surface area contributed by atoms with Gasteiger partial charge in [-0.1, -0.05) is 41.0 Å². The molecule has 3 heterocycles. The monoisotopic (exact) mass is 474 g/mol. The number of halogens is 1. The summed E-state index contributed by atoms with van der Waals surface area (Å²) < 4.78 is 0.590. The zero-order chi connectivity index (χ0) is 22.8. The van der Waals surface area contributed by atoms with E-state index in [9.17, 15) is 14.7 Å². The van der Waals surface area contributed by atoms with Crippen LogP contribution in [-0.2, 0) is 6.42 Å². The summed E-state index contributed by atoms with van der Waals surface area (Å²) in [5.74, 6) is -1.32. The molecular weight excluding hydrogens is 456 g/mol. The lowest BCUT2D eigenvalue weighted by atomic mass is 10.0. The summed E-state index contributed by atoms with van der Waals surface area (Å²) in [6.45, 7) is 2.77. The van der Waals surface area contributed by atoms with Crippen molar-refractivity contribution >= 4 is 50.2 Å². The van der Waals surface area contributed by atoms with Crippen LogP contribution in [0.15, 0.2) is 23.3 Å². The molecule has 1 aromatic carbocycles. The predicted octanol–water partition coefficient (Wildman–Crippen LogP) is 3.62. The summed E-state index contributed by atoms with van der Waals surface area (Å²) >= 11 is 7.30. The lowest BCUT2D eigenvalue weighted by Crippen LogP contribution is -2.53. The van der Waals surface area contributed by atoms with Crippen molar-refractivity contribution in [1.29, 1.82) is 0 Å². The highest BCUT2D eigenvalue weighted by atomic mass is 35.5. The van der Waals surface area contributed by atoms with Gasteiger partial charge in [0.1, 0.15) is 0 Å². The number of benzene rings is 1. The van der Waals surface area contributed by atoms with E-state index in [0.29, 0.717) is 47.0 Å². The van der Waals surface area contributed by atoms with Crippen molar-refractivity contribution in [1.82, 2.24) is 20.3 Å². The molecule has 13 heteroatoms. The van der Waals surface area contributed by atoms with E-state index in [2.05, 4.69) is 30.3 Å². The number of carbonyl (C=O) groups excluding carboxylic acids is 1. The number of hydrogen-bond donors (Lipinski definition) is 3. The van der Waals surface area contributed by atoms with Crippen LogP contribution in [0.3, 0.4) is 0 Å². The van der Waals surface area contributed by atoms with Crippen molar-refractivity contribution in [3.8, 4) is 0 Å². The van der Waals surface area contributed by atoms with Gasteiger partial charge in [-0.3, -0.25) is 4.79 Å². The van der Waals surface area contributed by atoms with Crippen LogP contribution in [-0.4, -0.2) is 57.1 Å². The number of azide groups is 1. The number of carbonyl (C=O) groups is 2. The van der Waals surface area contributed by atoms with E-state index in [1.54, 1.807) is 18.2 Å². The highest BCUT2D eigenvalue weighted by Gasteiger charge is 2.32. The zero-order valence-corrected chi connectivity index (χ0v) is 18.5. The second kappa shape index (κ2) is 9.03. The van der Waals surface area contributed by atoms with Crippen molar-refractivity contribution in [3.05, 3.63) is 50.9 Å². The SMILES string of the molecule is CCc1[nH]c(C(=O)N[C@@H]2CCN(c3nc4cccc(C(=O)O)c4s3)C[C@@H]2N=[N+]=[N-])nc1Cl. The molecule has 1 aliphatic rings. The van der Waals surface area contributed by atoms with Gasteiger partial charge in [0.2, 0.25) is 0 Å². The van der Waals surface area contributed by atoms with Crippen molar-refractivity contribution in [2.24, 2.45) is 5.11 Å². The average molecular weight is 475 g/mol. The fourth-order valence-corrected chi connectivity index (χ4v) is 5.04. The molecule has 0 saturated carbocycles. The summed E-state index contributed by atoms with van der Waals surface area (Å²) in [7, 11) is 0. The number of aromatic amines is 1. The minimum Gasteiger partial charge on any atom is -0.478 e. The van der Waals surface area contributed by atoms with Crippen LogP contribution >= 0.6 is 22.9 Å². The van der Waals surface area contributed by atoms with Gasteiger partial charge in [0, 0.05) is 24.0 Å². The summed E-state index contributed by atoms with van der Waals surface area (Å²) in [4.78, 5) is 40.5. The molecule has 32 heavy (non-hydrogen) atoms. The van der Waals surface area contributed by atoms with Crippen LogP contribution in [0.1, 0.15) is 40.0 Å². The summed E-state index contributed by atoms with van der Waals surface area (Å²) in [5.41, 5.74) is 10.5. The number of H-pyrrole nitrogens is 1. The van der Waals surface area contributed by atoms with Crippen molar-refractivity contribution < 1.29 is 14.7 Å². The largest absolute Gasteiger partial charge is 0.478 e. The molecular formula is C19H19ClN8O3S. The van der Waals surface area contributed by atoms with Crippen molar-refractivity contribution in [2.75, 3.05) is 18.0 Å². The lowest BCUT2D eigenvalue weighted by molar-refractivity contribution is 0.0699. The number of carboxylic acids is 1. The minimum atomic E-state index is -1.01. The zero-order valence-electron chi connectivity index (χ0n) is 16.9. The number of aryl methyl sites for hydroxylation is 1. The maximum Gasteiger partial charge on any atom is 0.337 e. The lowest BCUT2D eigenvalue weighted by Gasteiger charge is -2.36. The second-order valence-electron chi connectivity index (χ2n) is 7.25. The van der Waals surface area contributed by atoms with Crippen LogP contribution in [0.4, 0.5) is 5.13 Å². The first-order valence-corrected chi connectivity index (χ1v) is 11.1. The van der Waals surface area contributed by atoms with E-state index in [4.69, 9.17) is 17.1 Å². The molecule has 0 aliphatic carbocycles. The third-order valence-electron chi connectivity index (χ3n) is 5.30. The van der Waals surface area contributed by atoms with Gasteiger partial charge in [-0.25, -0.2) is 14.8 Å². The Balaban J connectivity index is 1.52. The molecule has 11 nitrogen and oxygen atoms in total. The molecule has 166 valence electrons. The normalized spacial score (nSPS) is 18.4. The fraction of sp³-hybridized carbons (Fsp3) is 0.368. The molecule has 3 aromatic rings. The topological polar surface area (TPSA) is 160 Å². The Morgan fingerprint density at radius 1 is 1.47 bits per heavy atom. The smallest absolute Gasteiger partial charge is 0.337 e. The van der Waals surface area contributed by atoms with Gasteiger partial charge >= 0.3 is 5.97 Å². The van der Waals surface area contributed by atoms with E-state index in [-0.39, 0.29) is 16.5 Å². The first kappa shape index (κ1) is 21.9. The third kappa shape index (κ3) is 4.20. The highest BCUT2D eigenvalue weighted by molar-refractivity contribution is 7.22. The highest BCUT2D eigenvalue weighted by Crippen LogP contribution is 2.33. The number of nitrogens with one attached hydrogen (secondary N) is 2. The molecule has 3 N–H and O–H groups in total. The summed E-state index contributed by atoms with van der Waals surface area (Å²) in [6.07, 6.45) is 1.12. The molecule has 2 aromatic heterocycles. The molecule has 1 saturated heterocycles. The Morgan fingerprint density at radius 3 is 2.97 bits per heavy atom. The number of aromatic nitrogens is 3. The average Bonchev–Trinajstić information content (AvgIpc) is 3.38. The Labute approximate surface area is 191 Å². The number of imidazole rings is 1. The van der Waals surface area contributed by atoms with Crippen molar-refractivity contribution in [3.63, 3.8) is 0 Å². The van der Waals surface area contributed by atoms with Crippen LogP contribution in [0, 0.1) is 0 Å². The summed E-state index contributed by atoms with van der Waals surface area (Å²) in [5, 5.41) is 17.1. The summed E-state index contributed by atoms with van der Waals surface area (Å²) in [6, 6.07) is 4.03. The van der Waals surface area contributed by atoms with Gasteiger partial charge in [-0.2, -0.15) is 0 Å². The fourth-order valence-electron chi connectivity index (χ4n) is 3.66. The quantitative estimate of drug-likeness (QED) is 0.281. The number of aromatic carboxylic acids is 1. The number of nitrogens with zero attached hydrogens (tertiary/aromatic N) is 6. The van der Waals surface area contributed by atoms with Crippen molar-refractivity contribution in [2.45, 2.75) is 31.8 Å². The molecule has 2 atom stereocenters. The van der Waals surface area contributed by atoms with Crippen LogP contribution in [0.25, 0.3) is 20.7 Å². The maximum absolute atomic E-state index is 12.6. The number of thiazole rings is 1. The molecule has 0 unspecified atom stereocenters. The van der Waals surface area contributed by atoms with E-state index in [0.717, 1.165) is 0 Å². The number of fused-ring (bicyclic) bond motifs is 1. The predicted molar refractivity (Wildman–Crippen MR) is 121 cm³/mol. The standard InChI is InChI=1S/C19H19ClN8O3S/c1-2-10-15(20)25-16(22-10)17(29)23-11-6-7-28(8-13(11)26-27-21)19-24-12-5-3-4-9(18(30)31)14(12)32-19/h3-5,11,13H,2,6-8H2,1H3,(H,22,25)(H,23,29)(H,30,31)/t11-,13+/m1/s1. The number of anilines is 1. The van der Waals surface area contributed by atoms with E-state index < -0.39 is 24.0 Å². The van der Waals surface area contributed by atoms with E-state index in [1.807, 2.05) is 11.8 Å². The van der Waals surface area contributed by atoms with Crippen LogP contribution in [0.2, 0.25) is 5.15 Å².